The number of aliphatic hydroxyl groups is 1. The van der Waals surface area contributed by atoms with Crippen molar-refractivity contribution in [3.63, 3.8) is 0 Å². The lowest BCUT2D eigenvalue weighted by atomic mass is 10.1. The molecule has 0 atom stereocenters. The largest absolute Gasteiger partial charge is 0.396 e. The number of unbranched alkanes of at least 4 members (excludes halogenated alkanes) is 1. The standard InChI is InChI=1S/C20H27NO2/c22-14-7-8-15-23-16-13-21(17-19-9-3-1-4-10-19)18-20-11-5-2-6-12-20/h1-6,9-12,22H,7-8,13-18H2. The van der Waals surface area contributed by atoms with Gasteiger partial charge in [0.2, 0.25) is 0 Å². The van der Waals surface area contributed by atoms with Crippen molar-refractivity contribution < 1.29 is 9.84 Å². The summed E-state index contributed by atoms with van der Waals surface area (Å²) < 4.78 is 5.69. The summed E-state index contributed by atoms with van der Waals surface area (Å²) in [6.45, 7) is 4.46. The Labute approximate surface area is 139 Å². The number of rotatable bonds is 11. The molecule has 0 bridgehead atoms. The highest BCUT2D eigenvalue weighted by Gasteiger charge is 2.07. The molecule has 2 aromatic carbocycles. The van der Waals surface area contributed by atoms with Crippen LogP contribution < -0.4 is 0 Å². The molecule has 23 heavy (non-hydrogen) atoms. The zero-order valence-electron chi connectivity index (χ0n) is 13.7. The quantitative estimate of drug-likeness (QED) is 0.645. The van der Waals surface area contributed by atoms with Gasteiger partial charge in [-0.05, 0) is 24.0 Å². The zero-order chi connectivity index (χ0) is 16.2. The van der Waals surface area contributed by atoms with E-state index >= 15 is 0 Å². The molecule has 0 heterocycles. The molecule has 0 aliphatic carbocycles. The van der Waals surface area contributed by atoms with Gasteiger partial charge in [0.15, 0.2) is 0 Å². The van der Waals surface area contributed by atoms with Gasteiger partial charge < -0.3 is 9.84 Å². The van der Waals surface area contributed by atoms with Gasteiger partial charge in [0.25, 0.3) is 0 Å². The van der Waals surface area contributed by atoms with Crippen LogP contribution in [0.25, 0.3) is 0 Å². The van der Waals surface area contributed by atoms with Crippen LogP contribution in [0.4, 0.5) is 0 Å². The Kier molecular flexibility index (Phi) is 8.41. The molecule has 3 heteroatoms. The molecular formula is C20H27NO2. The number of aliphatic hydroxyl groups excluding tert-OH is 1. The molecule has 1 N–H and O–H groups in total. The normalized spacial score (nSPS) is 11.0. The summed E-state index contributed by atoms with van der Waals surface area (Å²) in [7, 11) is 0. The molecule has 2 aromatic rings. The molecule has 3 nitrogen and oxygen atoms in total. The summed E-state index contributed by atoms with van der Waals surface area (Å²) in [5.74, 6) is 0. The van der Waals surface area contributed by atoms with E-state index in [0.29, 0.717) is 0 Å². The first-order chi connectivity index (χ1) is 11.4. The van der Waals surface area contributed by atoms with Crippen molar-refractivity contribution in [1.29, 1.82) is 0 Å². The average Bonchev–Trinajstić information content (AvgIpc) is 2.60. The number of ether oxygens (including phenoxy) is 1. The fraction of sp³-hybridized carbons (Fsp3) is 0.400. The van der Waals surface area contributed by atoms with E-state index in [1.165, 1.54) is 11.1 Å². The second-order valence-corrected chi connectivity index (χ2v) is 5.72. The Morgan fingerprint density at radius 2 is 1.30 bits per heavy atom. The maximum Gasteiger partial charge on any atom is 0.0593 e. The summed E-state index contributed by atoms with van der Waals surface area (Å²) in [5, 5.41) is 8.78. The van der Waals surface area contributed by atoms with Gasteiger partial charge in [0.1, 0.15) is 0 Å². The minimum Gasteiger partial charge on any atom is -0.396 e. The lowest BCUT2D eigenvalue weighted by Crippen LogP contribution is -2.27. The monoisotopic (exact) mass is 313 g/mol. The smallest absolute Gasteiger partial charge is 0.0593 e. The van der Waals surface area contributed by atoms with E-state index in [1.807, 2.05) is 0 Å². The maximum absolute atomic E-state index is 8.78. The van der Waals surface area contributed by atoms with Crippen LogP contribution in [0.15, 0.2) is 60.7 Å². The van der Waals surface area contributed by atoms with E-state index in [9.17, 15) is 0 Å². The second kappa shape index (κ2) is 10.9. The van der Waals surface area contributed by atoms with Crippen LogP contribution in [0.3, 0.4) is 0 Å². The average molecular weight is 313 g/mol. The van der Waals surface area contributed by atoms with Gasteiger partial charge in [0.05, 0.1) is 6.61 Å². The first kappa shape index (κ1) is 17.7. The molecule has 2 rings (SSSR count). The van der Waals surface area contributed by atoms with Crippen molar-refractivity contribution in [3.8, 4) is 0 Å². The number of nitrogens with zero attached hydrogens (tertiary/aromatic N) is 1. The Morgan fingerprint density at radius 3 is 1.83 bits per heavy atom. The minimum absolute atomic E-state index is 0.248. The van der Waals surface area contributed by atoms with Crippen molar-refractivity contribution in [3.05, 3.63) is 71.8 Å². The molecule has 0 fully saturated rings. The molecule has 0 spiro atoms. The lowest BCUT2D eigenvalue weighted by Gasteiger charge is -2.22. The number of hydrogen-bond donors (Lipinski definition) is 1. The fourth-order valence-electron chi connectivity index (χ4n) is 2.51. The molecule has 0 unspecified atom stereocenters. The molecule has 0 radical (unpaired) electrons. The van der Waals surface area contributed by atoms with Crippen LogP contribution in [0, 0.1) is 0 Å². The van der Waals surface area contributed by atoms with Crippen molar-refractivity contribution in [2.24, 2.45) is 0 Å². The zero-order valence-corrected chi connectivity index (χ0v) is 13.7. The molecule has 124 valence electrons. The molecule has 0 aliphatic heterocycles. The molecule has 0 saturated carbocycles. The van der Waals surface area contributed by atoms with Crippen LogP contribution >= 0.6 is 0 Å². The van der Waals surface area contributed by atoms with E-state index in [4.69, 9.17) is 9.84 Å². The van der Waals surface area contributed by atoms with Crippen LogP contribution in [0.5, 0.6) is 0 Å². The van der Waals surface area contributed by atoms with Crippen molar-refractivity contribution in [1.82, 2.24) is 4.90 Å². The van der Waals surface area contributed by atoms with Crippen LogP contribution in [0.2, 0.25) is 0 Å². The molecule has 0 aliphatic rings. The lowest BCUT2D eigenvalue weighted by molar-refractivity contribution is 0.0931. The van der Waals surface area contributed by atoms with E-state index in [1.54, 1.807) is 0 Å². The molecule has 0 amide bonds. The Balaban J connectivity index is 1.83. The maximum atomic E-state index is 8.78. The third kappa shape index (κ3) is 7.42. The van der Waals surface area contributed by atoms with E-state index in [0.717, 1.165) is 45.7 Å². The highest BCUT2D eigenvalue weighted by Crippen LogP contribution is 2.09. The SMILES string of the molecule is OCCCCOCCN(Cc1ccccc1)Cc1ccccc1. The predicted octanol–water partition coefficient (Wildman–Crippen LogP) is 3.48. The molecule has 0 saturated heterocycles. The Hall–Kier alpha value is -1.68. The second-order valence-electron chi connectivity index (χ2n) is 5.72. The van der Waals surface area contributed by atoms with Gasteiger partial charge in [-0.15, -0.1) is 0 Å². The predicted molar refractivity (Wildman–Crippen MR) is 94.1 cm³/mol. The first-order valence-electron chi connectivity index (χ1n) is 8.37. The van der Waals surface area contributed by atoms with Crippen molar-refractivity contribution in [2.45, 2.75) is 25.9 Å². The van der Waals surface area contributed by atoms with Gasteiger partial charge in [-0.3, -0.25) is 4.90 Å². The third-order valence-electron chi connectivity index (χ3n) is 3.75. The van der Waals surface area contributed by atoms with E-state index < -0.39 is 0 Å². The van der Waals surface area contributed by atoms with Crippen LogP contribution in [0.1, 0.15) is 24.0 Å². The van der Waals surface area contributed by atoms with Crippen molar-refractivity contribution >= 4 is 0 Å². The highest BCUT2D eigenvalue weighted by molar-refractivity contribution is 5.17. The number of benzene rings is 2. The molecule has 0 aromatic heterocycles. The third-order valence-corrected chi connectivity index (χ3v) is 3.75. The first-order valence-corrected chi connectivity index (χ1v) is 8.37. The van der Waals surface area contributed by atoms with Gasteiger partial charge in [-0.25, -0.2) is 0 Å². The summed E-state index contributed by atoms with van der Waals surface area (Å²) in [6.07, 6.45) is 1.74. The van der Waals surface area contributed by atoms with Crippen LogP contribution in [-0.4, -0.2) is 36.4 Å². The van der Waals surface area contributed by atoms with Gasteiger partial charge in [-0.1, -0.05) is 60.7 Å². The van der Waals surface area contributed by atoms with Crippen LogP contribution in [-0.2, 0) is 17.8 Å². The summed E-state index contributed by atoms with van der Waals surface area (Å²) in [6, 6.07) is 21.1. The molecular weight excluding hydrogens is 286 g/mol. The van der Waals surface area contributed by atoms with Crippen molar-refractivity contribution in [2.75, 3.05) is 26.4 Å². The number of hydrogen-bond acceptors (Lipinski definition) is 3. The minimum atomic E-state index is 0.248. The van der Waals surface area contributed by atoms with E-state index in [2.05, 4.69) is 65.6 Å². The summed E-state index contributed by atoms with van der Waals surface area (Å²) >= 11 is 0. The van der Waals surface area contributed by atoms with Gasteiger partial charge >= 0.3 is 0 Å². The van der Waals surface area contributed by atoms with Gasteiger partial charge in [-0.2, -0.15) is 0 Å². The topological polar surface area (TPSA) is 32.7 Å². The van der Waals surface area contributed by atoms with Gasteiger partial charge in [0, 0.05) is 32.8 Å². The van der Waals surface area contributed by atoms with E-state index in [-0.39, 0.29) is 6.61 Å². The summed E-state index contributed by atoms with van der Waals surface area (Å²) in [5.41, 5.74) is 2.65. The summed E-state index contributed by atoms with van der Waals surface area (Å²) in [4.78, 5) is 2.41. The highest BCUT2D eigenvalue weighted by atomic mass is 16.5. The Bertz CT molecular complexity index is 474. The fourth-order valence-corrected chi connectivity index (χ4v) is 2.51. The Morgan fingerprint density at radius 1 is 0.739 bits per heavy atom.